The minimum absolute atomic E-state index is 0.686. The second-order valence-electron chi connectivity index (χ2n) is 5.51. The summed E-state index contributed by atoms with van der Waals surface area (Å²) in [5.74, 6) is 1.65. The second kappa shape index (κ2) is 8.57. The number of thiophene rings is 1. The Morgan fingerprint density at radius 3 is 2.57 bits per heavy atom. The summed E-state index contributed by atoms with van der Waals surface area (Å²) >= 11 is 5.24. The molecule has 0 amide bonds. The number of hydrogen-bond donors (Lipinski definition) is 1. The Morgan fingerprint density at radius 1 is 1.19 bits per heavy atom. The summed E-state index contributed by atoms with van der Waals surface area (Å²) in [4.78, 5) is 1.34. The van der Waals surface area contributed by atoms with E-state index in [0.717, 1.165) is 36.3 Å². The van der Waals surface area contributed by atoms with Gasteiger partial charge in [-0.3, -0.25) is 0 Å². The summed E-state index contributed by atoms with van der Waals surface area (Å²) in [6.45, 7) is 7.00. The molecule has 0 fully saturated rings. The molecule has 0 saturated heterocycles. The fourth-order valence-corrected chi connectivity index (χ4v) is 3.31. The molecule has 2 rings (SSSR count). The first-order valence-electron chi connectivity index (χ1n) is 7.29. The standard InChI is InChI=1S/C17H22BrNOS/c1-13(2)7-8-20-16-5-3-14(4-6-16)10-19-11-17-9-15(18)12-21-17/h3-6,9,12-13,19H,7-8,10-11H2,1-2H3. The van der Waals surface area contributed by atoms with Crippen LogP contribution in [0.4, 0.5) is 0 Å². The average molecular weight is 368 g/mol. The maximum atomic E-state index is 5.72. The molecular weight excluding hydrogens is 346 g/mol. The van der Waals surface area contributed by atoms with Gasteiger partial charge in [-0.05, 0) is 52.0 Å². The van der Waals surface area contributed by atoms with Gasteiger partial charge in [0, 0.05) is 27.8 Å². The molecule has 114 valence electrons. The number of nitrogens with one attached hydrogen (secondary N) is 1. The van der Waals surface area contributed by atoms with Gasteiger partial charge in [-0.25, -0.2) is 0 Å². The van der Waals surface area contributed by atoms with Crippen LogP contribution in [-0.2, 0) is 13.1 Å². The van der Waals surface area contributed by atoms with Crippen molar-refractivity contribution in [2.75, 3.05) is 6.61 Å². The normalized spacial score (nSPS) is 11.0. The fourth-order valence-electron chi connectivity index (χ4n) is 1.89. The summed E-state index contributed by atoms with van der Waals surface area (Å²) in [7, 11) is 0. The Bertz CT molecular complexity index is 536. The van der Waals surface area contributed by atoms with Crippen LogP contribution in [0.15, 0.2) is 40.2 Å². The summed E-state index contributed by atoms with van der Waals surface area (Å²) < 4.78 is 6.88. The quantitative estimate of drug-likeness (QED) is 0.689. The van der Waals surface area contributed by atoms with Crippen molar-refractivity contribution in [3.63, 3.8) is 0 Å². The Hall–Kier alpha value is -0.840. The zero-order chi connectivity index (χ0) is 15.1. The van der Waals surface area contributed by atoms with Gasteiger partial charge in [-0.2, -0.15) is 0 Å². The van der Waals surface area contributed by atoms with E-state index in [1.54, 1.807) is 11.3 Å². The molecule has 4 heteroatoms. The van der Waals surface area contributed by atoms with E-state index in [-0.39, 0.29) is 0 Å². The maximum Gasteiger partial charge on any atom is 0.119 e. The monoisotopic (exact) mass is 367 g/mol. The number of halogens is 1. The van der Waals surface area contributed by atoms with Crippen molar-refractivity contribution in [3.05, 3.63) is 50.6 Å². The summed E-state index contributed by atoms with van der Waals surface area (Å²) in [5.41, 5.74) is 1.28. The lowest BCUT2D eigenvalue weighted by atomic mass is 10.1. The number of benzene rings is 1. The van der Waals surface area contributed by atoms with Crippen LogP contribution in [-0.4, -0.2) is 6.61 Å². The first kappa shape index (κ1) is 16.5. The Balaban J connectivity index is 1.72. The smallest absolute Gasteiger partial charge is 0.119 e. The van der Waals surface area contributed by atoms with E-state index < -0.39 is 0 Å². The maximum absolute atomic E-state index is 5.72. The molecule has 0 aliphatic carbocycles. The molecule has 0 saturated carbocycles. The van der Waals surface area contributed by atoms with Crippen LogP contribution < -0.4 is 10.1 Å². The number of ether oxygens (including phenoxy) is 1. The molecule has 21 heavy (non-hydrogen) atoms. The third kappa shape index (κ3) is 6.20. The van der Waals surface area contributed by atoms with Crippen LogP contribution in [0.5, 0.6) is 5.75 Å². The molecule has 2 nitrogen and oxygen atoms in total. The molecule has 0 radical (unpaired) electrons. The average Bonchev–Trinajstić information content (AvgIpc) is 2.86. The van der Waals surface area contributed by atoms with Gasteiger partial charge in [0.05, 0.1) is 6.61 Å². The van der Waals surface area contributed by atoms with Crippen molar-refractivity contribution in [2.24, 2.45) is 5.92 Å². The van der Waals surface area contributed by atoms with E-state index in [0.29, 0.717) is 5.92 Å². The molecule has 0 bridgehead atoms. The van der Waals surface area contributed by atoms with Crippen LogP contribution in [0.2, 0.25) is 0 Å². The Morgan fingerprint density at radius 2 is 1.95 bits per heavy atom. The predicted molar refractivity (Wildman–Crippen MR) is 94.0 cm³/mol. The lowest BCUT2D eigenvalue weighted by Gasteiger charge is -2.09. The van der Waals surface area contributed by atoms with Crippen molar-refractivity contribution in [1.82, 2.24) is 5.32 Å². The Labute approximate surface area is 139 Å². The van der Waals surface area contributed by atoms with Gasteiger partial charge in [-0.15, -0.1) is 11.3 Å². The van der Waals surface area contributed by atoms with Crippen molar-refractivity contribution in [2.45, 2.75) is 33.4 Å². The van der Waals surface area contributed by atoms with E-state index >= 15 is 0 Å². The molecule has 1 heterocycles. The van der Waals surface area contributed by atoms with Crippen LogP contribution in [0.3, 0.4) is 0 Å². The van der Waals surface area contributed by atoms with Crippen LogP contribution in [0.25, 0.3) is 0 Å². The number of rotatable bonds is 8. The zero-order valence-corrected chi connectivity index (χ0v) is 15.0. The second-order valence-corrected chi connectivity index (χ2v) is 7.42. The summed E-state index contributed by atoms with van der Waals surface area (Å²) in [6.07, 6.45) is 1.10. The van der Waals surface area contributed by atoms with E-state index in [9.17, 15) is 0 Å². The molecule has 0 aliphatic heterocycles. The number of hydrogen-bond acceptors (Lipinski definition) is 3. The van der Waals surface area contributed by atoms with E-state index in [1.165, 1.54) is 10.4 Å². The molecule has 0 aliphatic rings. The van der Waals surface area contributed by atoms with Gasteiger partial charge in [0.25, 0.3) is 0 Å². The molecular formula is C17H22BrNOS. The molecule has 0 unspecified atom stereocenters. The minimum atomic E-state index is 0.686. The van der Waals surface area contributed by atoms with E-state index in [2.05, 4.69) is 70.8 Å². The third-order valence-electron chi connectivity index (χ3n) is 3.14. The van der Waals surface area contributed by atoms with E-state index in [1.807, 2.05) is 0 Å². The summed E-state index contributed by atoms with van der Waals surface area (Å²) in [6, 6.07) is 10.5. The van der Waals surface area contributed by atoms with Gasteiger partial charge >= 0.3 is 0 Å². The molecule has 0 atom stereocenters. The molecule has 1 N–H and O–H groups in total. The van der Waals surface area contributed by atoms with E-state index in [4.69, 9.17) is 4.74 Å². The highest BCUT2D eigenvalue weighted by molar-refractivity contribution is 9.10. The van der Waals surface area contributed by atoms with Gasteiger partial charge in [0.15, 0.2) is 0 Å². The first-order valence-corrected chi connectivity index (χ1v) is 8.96. The van der Waals surface area contributed by atoms with Crippen molar-refractivity contribution in [1.29, 1.82) is 0 Å². The van der Waals surface area contributed by atoms with Gasteiger partial charge in [0.2, 0.25) is 0 Å². The molecule has 1 aromatic heterocycles. The highest BCUT2D eigenvalue weighted by Gasteiger charge is 1.99. The van der Waals surface area contributed by atoms with Gasteiger partial charge in [0.1, 0.15) is 5.75 Å². The lowest BCUT2D eigenvalue weighted by molar-refractivity contribution is 0.289. The fraction of sp³-hybridized carbons (Fsp3) is 0.412. The molecule has 2 aromatic rings. The van der Waals surface area contributed by atoms with Crippen LogP contribution in [0.1, 0.15) is 30.7 Å². The Kier molecular flexibility index (Phi) is 6.74. The highest BCUT2D eigenvalue weighted by atomic mass is 79.9. The highest BCUT2D eigenvalue weighted by Crippen LogP contribution is 2.19. The minimum Gasteiger partial charge on any atom is -0.494 e. The molecule has 1 aromatic carbocycles. The van der Waals surface area contributed by atoms with Crippen LogP contribution >= 0.6 is 27.3 Å². The van der Waals surface area contributed by atoms with Crippen molar-refractivity contribution < 1.29 is 4.74 Å². The van der Waals surface area contributed by atoms with Crippen molar-refractivity contribution >= 4 is 27.3 Å². The van der Waals surface area contributed by atoms with Gasteiger partial charge in [-0.1, -0.05) is 26.0 Å². The lowest BCUT2D eigenvalue weighted by Crippen LogP contribution is -2.11. The predicted octanol–water partition coefficient (Wildman–Crippen LogP) is 5.23. The van der Waals surface area contributed by atoms with Crippen LogP contribution in [0, 0.1) is 5.92 Å². The van der Waals surface area contributed by atoms with Crippen molar-refractivity contribution in [3.8, 4) is 5.75 Å². The largest absolute Gasteiger partial charge is 0.494 e. The SMILES string of the molecule is CC(C)CCOc1ccc(CNCc2cc(Br)cs2)cc1. The zero-order valence-electron chi connectivity index (χ0n) is 12.6. The summed E-state index contributed by atoms with van der Waals surface area (Å²) in [5, 5.41) is 5.57. The third-order valence-corrected chi connectivity index (χ3v) is 4.84. The topological polar surface area (TPSA) is 21.3 Å². The first-order chi connectivity index (χ1) is 10.1. The molecule has 0 spiro atoms. The van der Waals surface area contributed by atoms with Gasteiger partial charge < -0.3 is 10.1 Å².